The summed E-state index contributed by atoms with van der Waals surface area (Å²) >= 11 is 0. The Hall–Kier alpha value is -2.29. The highest BCUT2D eigenvalue weighted by atomic mass is 32.2. The van der Waals surface area contributed by atoms with Crippen molar-refractivity contribution >= 4 is 27.4 Å². The summed E-state index contributed by atoms with van der Waals surface area (Å²) in [5.41, 5.74) is 6.87. The summed E-state index contributed by atoms with van der Waals surface area (Å²) in [4.78, 5) is 21.5. The molecule has 0 radical (unpaired) electrons. The quantitative estimate of drug-likeness (QED) is 0.405. The molecule has 0 atom stereocenters. The van der Waals surface area contributed by atoms with Crippen LogP contribution in [-0.4, -0.2) is 31.7 Å². The van der Waals surface area contributed by atoms with E-state index < -0.39 is 27.5 Å². The van der Waals surface area contributed by atoms with Crippen LogP contribution in [0.4, 0.5) is 4.39 Å². The number of carbonyl (C=O) groups is 2. The van der Waals surface area contributed by atoms with Gasteiger partial charge in [-0.25, -0.2) is 18.2 Å². The number of amides is 2. The molecule has 0 unspecified atom stereocenters. The molecule has 106 valence electrons. The van der Waals surface area contributed by atoms with Crippen molar-refractivity contribution in [3.63, 3.8) is 0 Å². The van der Waals surface area contributed by atoms with E-state index in [2.05, 4.69) is 5.10 Å². The van der Waals surface area contributed by atoms with Crippen molar-refractivity contribution in [2.45, 2.75) is 11.3 Å². The van der Waals surface area contributed by atoms with E-state index in [0.29, 0.717) is 0 Å². The minimum Gasteiger partial charge on any atom is -0.361 e. The molecular formula is C11H10FN3O4S. The number of rotatable bonds is 1. The van der Waals surface area contributed by atoms with E-state index >= 15 is 0 Å². The minimum atomic E-state index is -3.50. The molecule has 1 aromatic carbocycles. The Labute approximate surface area is 113 Å². The van der Waals surface area contributed by atoms with Gasteiger partial charge in [0.05, 0.1) is 16.4 Å². The number of nitrogens with zero attached hydrogens (tertiary/aromatic N) is 1. The second-order valence-electron chi connectivity index (χ2n) is 4.07. The molecular weight excluding hydrogens is 289 g/mol. The van der Waals surface area contributed by atoms with E-state index in [9.17, 15) is 22.4 Å². The molecule has 0 aliphatic carbocycles. The predicted molar refractivity (Wildman–Crippen MR) is 66.9 cm³/mol. The first-order valence-electron chi connectivity index (χ1n) is 5.50. The first kappa shape index (κ1) is 14.1. The highest BCUT2D eigenvalue weighted by Crippen LogP contribution is 2.25. The smallest absolute Gasteiger partial charge is 0.329 e. The van der Waals surface area contributed by atoms with Crippen molar-refractivity contribution in [2.24, 2.45) is 10.8 Å². The number of hydrazone groups is 1. The fraction of sp³-hybridized carbons (Fsp3) is 0.182. The molecule has 0 fully saturated rings. The maximum Gasteiger partial charge on any atom is 0.329 e. The van der Waals surface area contributed by atoms with E-state index in [4.69, 9.17) is 5.73 Å². The standard InChI is InChI=1S/C11H10FN3O4S/c12-6-1-2-9-7(5-6)8(3-4-20(9,18)19)14-15-11(17)10(13)16/h1-2,5H,3-4H2,(H2,13,16)(H,15,17)/b14-8+. The summed E-state index contributed by atoms with van der Waals surface area (Å²) in [6.45, 7) is 0. The number of nitrogens with two attached hydrogens (primary N) is 1. The van der Waals surface area contributed by atoms with Crippen LogP contribution in [0.2, 0.25) is 0 Å². The highest BCUT2D eigenvalue weighted by molar-refractivity contribution is 7.91. The van der Waals surface area contributed by atoms with Gasteiger partial charge in [-0.3, -0.25) is 9.59 Å². The lowest BCUT2D eigenvalue weighted by Gasteiger charge is -2.18. The fourth-order valence-corrected chi connectivity index (χ4v) is 3.23. The minimum absolute atomic E-state index is 0.00215. The van der Waals surface area contributed by atoms with Crippen LogP contribution < -0.4 is 11.2 Å². The van der Waals surface area contributed by atoms with Gasteiger partial charge in [0.2, 0.25) is 0 Å². The fourth-order valence-electron chi connectivity index (χ4n) is 1.76. The van der Waals surface area contributed by atoms with Crippen molar-refractivity contribution in [1.82, 2.24) is 5.43 Å². The molecule has 2 rings (SSSR count). The largest absolute Gasteiger partial charge is 0.361 e. The third-order valence-electron chi connectivity index (χ3n) is 2.71. The van der Waals surface area contributed by atoms with Gasteiger partial charge in [0.15, 0.2) is 9.84 Å². The summed E-state index contributed by atoms with van der Waals surface area (Å²) in [7, 11) is -3.50. The molecule has 3 N–H and O–H groups in total. The zero-order valence-corrected chi connectivity index (χ0v) is 10.9. The van der Waals surface area contributed by atoms with E-state index in [1.807, 2.05) is 5.43 Å². The van der Waals surface area contributed by atoms with Gasteiger partial charge in [-0.1, -0.05) is 0 Å². The third kappa shape index (κ3) is 2.67. The number of nitrogens with one attached hydrogen (secondary N) is 1. The Kier molecular flexibility index (Phi) is 3.53. The van der Waals surface area contributed by atoms with Crippen LogP contribution in [0.1, 0.15) is 12.0 Å². The Morgan fingerprint density at radius 1 is 1.35 bits per heavy atom. The van der Waals surface area contributed by atoms with Crippen LogP contribution >= 0.6 is 0 Å². The first-order valence-corrected chi connectivity index (χ1v) is 7.15. The lowest BCUT2D eigenvalue weighted by Crippen LogP contribution is -2.34. The molecule has 20 heavy (non-hydrogen) atoms. The highest BCUT2D eigenvalue weighted by Gasteiger charge is 2.28. The molecule has 1 aliphatic rings. The SMILES string of the molecule is NC(=O)C(=O)N/N=C1\CCS(=O)(=O)c2ccc(F)cc21. The monoisotopic (exact) mass is 299 g/mol. The molecule has 0 spiro atoms. The van der Waals surface area contributed by atoms with Gasteiger partial charge < -0.3 is 5.73 Å². The van der Waals surface area contributed by atoms with Crippen LogP contribution in [-0.2, 0) is 19.4 Å². The molecule has 9 heteroatoms. The number of halogens is 1. The second kappa shape index (κ2) is 5.00. The first-order chi connectivity index (χ1) is 9.31. The Morgan fingerprint density at radius 2 is 2.05 bits per heavy atom. The van der Waals surface area contributed by atoms with Gasteiger partial charge in [0, 0.05) is 12.0 Å². The van der Waals surface area contributed by atoms with Crippen molar-refractivity contribution < 1.29 is 22.4 Å². The predicted octanol–water partition coefficient (Wildman–Crippen LogP) is -0.691. The van der Waals surface area contributed by atoms with Gasteiger partial charge in [-0.2, -0.15) is 5.10 Å². The third-order valence-corrected chi connectivity index (χ3v) is 4.48. The van der Waals surface area contributed by atoms with Crippen LogP contribution in [0.3, 0.4) is 0 Å². The summed E-state index contributed by atoms with van der Waals surface area (Å²) in [5, 5.41) is 3.64. The molecule has 2 amide bonds. The number of sulfone groups is 1. The molecule has 0 bridgehead atoms. The van der Waals surface area contributed by atoms with E-state index in [0.717, 1.165) is 18.2 Å². The number of carbonyl (C=O) groups excluding carboxylic acids is 2. The average Bonchev–Trinajstić information content (AvgIpc) is 2.37. The van der Waals surface area contributed by atoms with Gasteiger partial charge in [-0.05, 0) is 18.2 Å². The van der Waals surface area contributed by atoms with Gasteiger partial charge in [0.25, 0.3) is 0 Å². The zero-order chi connectivity index (χ0) is 14.9. The van der Waals surface area contributed by atoms with Crippen molar-refractivity contribution in [3.8, 4) is 0 Å². The Bertz CT molecular complexity index is 727. The number of benzene rings is 1. The van der Waals surface area contributed by atoms with Crippen LogP contribution in [0.5, 0.6) is 0 Å². The van der Waals surface area contributed by atoms with E-state index in [1.54, 1.807) is 0 Å². The number of primary amides is 1. The van der Waals surface area contributed by atoms with E-state index in [1.165, 1.54) is 0 Å². The lowest BCUT2D eigenvalue weighted by molar-refractivity contribution is -0.137. The number of hydrogen-bond acceptors (Lipinski definition) is 5. The maximum atomic E-state index is 13.2. The number of fused-ring (bicyclic) bond motifs is 1. The molecule has 0 aromatic heterocycles. The van der Waals surface area contributed by atoms with Crippen LogP contribution in [0, 0.1) is 5.82 Å². The van der Waals surface area contributed by atoms with Gasteiger partial charge in [-0.15, -0.1) is 0 Å². The van der Waals surface area contributed by atoms with Crippen LogP contribution in [0.25, 0.3) is 0 Å². The normalized spacial score (nSPS) is 18.4. The van der Waals surface area contributed by atoms with E-state index in [-0.39, 0.29) is 28.3 Å². The average molecular weight is 299 g/mol. The second-order valence-corrected chi connectivity index (χ2v) is 6.15. The maximum absolute atomic E-state index is 13.2. The van der Waals surface area contributed by atoms with Crippen molar-refractivity contribution in [1.29, 1.82) is 0 Å². The van der Waals surface area contributed by atoms with Crippen LogP contribution in [0.15, 0.2) is 28.2 Å². The summed E-state index contributed by atoms with van der Waals surface area (Å²) in [5.74, 6) is -3.20. The van der Waals surface area contributed by atoms with Gasteiger partial charge >= 0.3 is 11.8 Å². The molecule has 0 saturated heterocycles. The lowest BCUT2D eigenvalue weighted by atomic mass is 10.1. The van der Waals surface area contributed by atoms with Gasteiger partial charge in [0.1, 0.15) is 5.82 Å². The Morgan fingerprint density at radius 3 is 2.70 bits per heavy atom. The number of hydrogen-bond donors (Lipinski definition) is 2. The Balaban J connectivity index is 2.44. The summed E-state index contributed by atoms with van der Waals surface area (Å²) in [6.07, 6.45) is -0.00215. The summed E-state index contributed by atoms with van der Waals surface area (Å²) in [6, 6.07) is 3.19. The topological polar surface area (TPSA) is 119 Å². The molecule has 0 saturated carbocycles. The molecule has 7 nitrogen and oxygen atoms in total. The van der Waals surface area contributed by atoms with Crippen molar-refractivity contribution in [2.75, 3.05) is 5.75 Å². The molecule has 1 heterocycles. The van der Waals surface area contributed by atoms with Crippen molar-refractivity contribution in [3.05, 3.63) is 29.6 Å². The molecule has 1 aliphatic heterocycles. The molecule has 1 aromatic rings. The summed E-state index contributed by atoms with van der Waals surface area (Å²) < 4.78 is 36.9. The zero-order valence-electron chi connectivity index (χ0n) is 10.1.